The van der Waals surface area contributed by atoms with Gasteiger partial charge in [0.2, 0.25) is 17.7 Å². The maximum absolute atomic E-state index is 13.0. The van der Waals surface area contributed by atoms with Crippen molar-refractivity contribution in [2.24, 2.45) is 22.4 Å². The molecule has 31 heavy (non-hydrogen) atoms. The zero-order valence-electron chi connectivity index (χ0n) is 18.1. The summed E-state index contributed by atoms with van der Waals surface area (Å²) in [5, 5.41) is 19.6. The topological polar surface area (TPSA) is 201 Å². The van der Waals surface area contributed by atoms with E-state index in [1.54, 1.807) is 6.92 Å². The lowest BCUT2D eigenvalue weighted by Crippen LogP contribution is -2.57. The third-order valence-electron chi connectivity index (χ3n) is 5.16. The SMILES string of the molecule is CCC(C)C(NC(=O)C(CCCN=C(N)N)NC(=O)C1CCCN1)C(=O)NCC(=O)O. The minimum absolute atomic E-state index is 0.0628. The fourth-order valence-electron chi connectivity index (χ4n) is 3.18. The molecule has 12 nitrogen and oxygen atoms in total. The molecular formula is C19H35N7O5. The molecule has 0 aromatic heterocycles. The second-order valence-corrected chi connectivity index (χ2v) is 7.64. The van der Waals surface area contributed by atoms with Crippen LogP contribution in [0.4, 0.5) is 0 Å². The number of nitrogens with two attached hydrogens (primary N) is 2. The average molecular weight is 442 g/mol. The van der Waals surface area contributed by atoms with Crippen molar-refractivity contribution in [3.63, 3.8) is 0 Å². The van der Waals surface area contributed by atoms with Crippen LogP contribution in [0, 0.1) is 5.92 Å². The summed E-state index contributed by atoms with van der Waals surface area (Å²) >= 11 is 0. The van der Waals surface area contributed by atoms with Gasteiger partial charge >= 0.3 is 5.97 Å². The van der Waals surface area contributed by atoms with Crippen molar-refractivity contribution in [2.75, 3.05) is 19.6 Å². The highest BCUT2D eigenvalue weighted by Crippen LogP contribution is 2.10. The van der Waals surface area contributed by atoms with E-state index < -0.39 is 36.4 Å². The zero-order valence-corrected chi connectivity index (χ0v) is 18.1. The molecular weight excluding hydrogens is 406 g/mol. The van der Waals surface area contributed by atoms with Gasteiger partial charge in [0.1, 0.15) is 18.6 Å². The smallest absolute Gasteiger partial charge is 0.322 e. The van der Waals surface area contributed by atoms with Gasteiger partial charge in [-0.1, -0.05) is 20.3 Å². The van der Waals surface area contributed by atoms with Crippen molar-refractivity contribution in [1.29, 1.82) is 0 Å². The van der Waals surface area contributed by atoms with Crippen molar-refractivity contribution in [2.45, 2.75) is 64.1 Å². The highest BCUT2D eigenvalue weighted by molar-refractivity contribution is 5.93. The summed E-state index contributed by atoms with van der Waals surface area (Å²) in [6.45, 7) is 4.11. The van der Waals surface area contributed by atoms with Crippen LogP contribution in [-0.2, 0) is 19.2 Å². The number of amides is 3. The minimum atomic E-state index is -1.18. The maximum Gasteiger partial charge on any atom is 0.322 e. The lowest BCUT2D eigenvalue weighted by Gasteiger charge is -2.27. The summed E-state index contributed by atoms with van der Waals surface area (Å²) in [6, 6.07) is -2.18. The summed E-state index contributed by atoms with van der Waals surface area (Å²) in [5.74, 6) is -2.88. The number of nitrogens with one attached hydrogen (secondary N) is 4. The number of carboxylic acids is 1. The van der Waals surface area contributed by atoms with Crippen molar-refractivity contribution in [1.82, 2.24) is 21.3 Å². The van der Waals surface area contributed by atoms with Crippen LogP contribution in [0.2, 0.25) is 0 Å². The lowest BCUT2D eigenvalue weighted by molar-refractivity contribution is -0.139. The van der Waals surface area contributed by atoms with Gasteiger partial charge in [0, 0.05) is 6.54 Å². The molecule has 0 radical (unpaired) electrons. The van der Waals surface area contributed by atoms with Gasteiger partial charge in [0.25, 0.3) is 0 Å². The first-order chi connectivity index (χ1) is 14.6. The molecule has 1 heterocycles. The van der Waals surface area contributed by atoms with Crippen LogP contribution in [0.1, 0.15) is 46.0 Å². The molecule has 1 rings (SSSR count). The molecule has 0 aliphatic carbocycles. The number of guanidine groups is 1. The molecule has 1 fully saturated rings. The Morgan fingerprint density at radius 3 is 2.45 bits per heavy atom. The van der Waals surface area contributed by atoms with Gasteiger partial charge < -0.3 is 37.8 Å². The molecule has 1 saturated heterocycles. The monoisotopic (exact) mass is 441 g/mol. The Hall–Kier alpha value is -2.89. The van der Waals surface area contributed by atoms with Gasteiger partial charge in [0.15, 0.2) is 5.96 Å². The third-order valence-corrected chi connectivity index (χ3v) is 5.16. The molecule has 1 aliphatic heterocycles. The zero-order chi connectivity index (χ0) is 23.4. The molecule has 0 aromatic carbocycles. The van der Waals surface area contributed by atoms with E-state index in [0.717, 1.165) is 13.0 Å². The van der Waals surface area contributed by atoms with Crippen LogP contribution in [0.5, 0.6) is 0 Å². The van der Waals surface area contributed by atoms with Crippen molar-refractivity contribution in [3.8, 4) is 0 Å². The van der Waals surface area contributed by atoms with E-state index in [9.17, 15) is 19.2 Å². The van der Waals surface area contributed by atoms with E-state index in [4.69, 9.17) is 16.6 Å². The third kappa shape index (κ3) is 9.64. The normalized spacial score (nSPS) is 18.3. The van der Waals surface area contributed by atoms with Crippen LogP contribution in [0.3, 0.4) is 0 Å². The Morgan fingerprint density at radius 1 is 1.19 bits per heavy atom. The Labute approximate surface area is 182 Å². The number of nitrogens with zero attached hydrogens (tertiary/aromatic N) is 1. The Kier molecular flexibility index (Phi) is 11.3. The molecule has 1 aliphatic rings. The number of carbonyl (C=O) groups excluding carboxylic acids is 3. The summed E-state index contributed by atoms with van der Waals surface area (Å²) < 4.78 is 0. The molecule has 0 bridgehead atoms. The van der Waals surface area contributed by atoms with Crippen LogP contribution in [0.15, 0.2) is 4.99 Å². The predicted molar refractivity (Wildman–Crippen MR) is 115 cm³/mol. The van der Waals surface area contributed by atoms with Gasteiger partial charge in [-0.2, -0.15) is 0 Å². The van der Waals surface area contributed by atoms with Gasteiger partial charge in [-0.15, -0.1) is 0 Å². The Morgan fingerprint density at radius 2 is 1.90 bits per heavy atom. The number of hydrogen-bond donors (Lipinski definition) is 7. The molecule has 0 aromatic rings. The Bertz CT molecular complexity index is 660. The van der Waals surface area contributed by atoms with E-state index in [1.165, 1.54) is 0 Å². The summed E-state index contributed by atoms with van der Waals surface area (Å²) in [4.78, 5) is 52.6. The van der Waals surface area contributed by atoms with E-state index in [2.05, 4.69) is 26.3 Å². The average Bonchev–Trinajstić information content (AvgIpc) is 3.26. The highest BCUT2D eigenvalue weighted by Gasteiger charge is 2.31. The van der Waals surface area contributed by atoms with Gasteiger partial charge in [-0.05, 0) is 38.1 Å². The van der Waals surface area contributed by atoms with Crippen molar-refractivity contribution in [3.05, 3.63) is 0 Å². The van der Waals surface area contributed by atoms with Crippen LogP contribution in [0.25, 0.3) is 0 Å². The first kappa shape index (κ1) is 26.1. The van der Waals surface area contributed by atoms with E-state index in [0.29, 0.717) is 19.3 Å². The standard InChI is InChI=1S/C19H35N7O5/c1-3-11(2)15(18(31)24-10-14(27)28)26-17(30)13(7-5-9-23-19(20)21)25-16(29)12-6-4-8-22-12/h11-13,15,22H,3-10H2,1-2H3,(H,24,31)(H,25,29)(H,26,30)(H,27,28)(H4,20,21,23). The van der Waals surface area contributed by atoms with Gasteiger partial charge in [0.05, 0.1) is 6.04 Å². The molecule has 3 amide bonds. The first-order valence-electron chi connectivity index (χ1n) is 10.5. The number of aliphatic imine (C=N–C) groups is 1. The second-order valence-electron chi connectivity index (χ2n) is 7.64. The number of carbonyl (C=O) groups is 4. The molecule has 9 N–H and O–H groups in total. The van der Waals surface area contributed by atoms with Gasteiger partial charge in [-0.3, -0.25) is 24.2 Å². The molecule has 0 spiro atoms. The predicted octanol–water partition coefficient (Wildman–Crippen LogP) is -1.99. The number of carboxylic acid groups (broad SMARTS) is 1. The molecule has 4 unspecified atom stereocenters. The summed E-state index contributed by atoms with van der Waals surface area (Å²) in [6.07, 6.45) is 2.85. The fraction of sp³-hybridized carbons (Fsp3) is 0.737. The maximum atomic E-state index is 13.0. The fourth-order valence-corrected chi connectivity index (χ4v) is 3.18. The van der Waals surface area contributed by atoms with E-state index in [1.807, 2.05) is 6.92 Å². The van der Waals surface area contributed by atoms with Crippen LogP contribution >= 0.6 is 0 Å². The highest BCUT2D eigenvalue weighted by atomic mass is 16.4. The quantitative estimate of drug-likeness (QED) is 0.0966. The van der Waals surface area contributed by atoms with E-state index in [-0.39, 0.29) is 36.8 Å². The number of hydrogen-bond acceptors (Lipinski definition) is 6. The van der Waals surface area contributed by atoms with Crippen molar-refractivity contribution < 1.29 is 24.3 Å². The van der Waals surface area contributed by atoms with Gasteiger partial charge in [-0.25, -0.2) is 0 Å². The largest absolute Gasteiger partial charge is 0.480 e. The molecule has 176 valence electrons. The first-order valence-corrected chi connectivity index (χ1v) is 10.5. The van der Waals surface area contributed by atoms with Crippen molar-refractivity contribution >= 4 is 29.7 Å². The summed E-state index contributed by atoms with van der Waals surface area (Å²) in [7, 11) is 0. The molecule has 4 atom stereocenters. The molecule has 0 saturated carbocycles. The second kappa shape index (κ2) is 13.4. The summed E-state index contributed by atoms with van der Waals surface area (Å²) in [5.41, 5.74) is 10.6. The van der Waals surface area contributed by atoms with Crippen LogP contribution in [-0.4, -0.2) is 72.5 Å². The number of rotatable bonds is 13. The molecule has 12 heteroatoms. The number of aliphatic carboxylic acids is 1. The minimum Gasteiger partial charge on any atom is -0.480 e. The van der Waals surface area contributed by atoms with E-state index >= 15 is 0 Å². The lowest BCUT2D eigenvalue weighted by atomic mass is 9.97. The van der Waals surface area contributed by atoms with Crippen LogP contribution < -0.4 is 32.7 Å². The Balaban J connectivity index is 2.86.